The molecule has 0 amide bonds. The third-order valence-corrected chi connectivity index (χ3v) is 5.97. The van der Waals surface area contributed by atoms with Gasteiger partial charge < -0.3 is 15.0 Å². The summed E-state index contributed by atoms with van der Waals surface area (Å²) in [5, 5.41) is 13.1. The van der Waals surface area contributed by atoms with Gasteiger partial charge in [0, 0.05) is 29.1 Å². The summed E-state index contributed by atoms with van der Waals surface area (Å²) in [7, 11) is 0. The summed E-state index contributed by atoms with van der Waals surface area (Å²) < 4.78 is 24.2. The number of H-pyrrole nitrogens is 1. The van der Waals surface area contributed by atoms with Gasteiger partial charge >= 0.3 is 0 Å². The van der Waals surface area contributed by atoms with Gasteiger partial charge in [0.2, 0.25) is 0 Å². The smallest absolute Gasteiger partial charge is 0.162 e. The Kier molecular flexibility index (Phi) is 3.07. The molecule has 2 aromatic carbocycles. The molecule has 0 radical (unpaired) electrons. The van der Waals surface area contributed by atoms with E-state index in [9.17, 15) is 0 Å². The summed E-state index contributed by atoms with van der Waals surface area (Å²) in [4.78, 5) is 3.21. The van der Waals surface area contributed by atoms with Crippen LogP contribution in [-0.4, -0.2) is 26.4 Å². The summed E-state index contributed by atoms with van der Waals surface area (Å²) in [6.07, 6.45) is 2.60. The van der Waals surface area contributed by atoms with E-state index in [4.69, 9.17) is 4.74 Å². The number of aromatic amines is 1. The van der Waals surface area contributed by atoms with Crippen molar-refractivity contribution < 1.29 is 9.13 Å². The number of nitrogens with zero attached hydrogens (tertiary/aromatic N) is 3. The van der Waals surface area contributed by atoms with Gasteiger partial charge in [0.05, 0.1) is 23.4 Å². The van der Waals surface area contributed by atoms with Crippen LogP contribution in [-0.2, 0) is 12.0 Å². The van der Waals surface area contributed by atoms with E-state index in [1.54, 1.807) is 0 Å². The number of hydrogen-bond acceptors (Lipinski definition) is 4. The number of rotatable bonds is 1. The first kappa shape index (κ1) is 16.6. The molecule has 2 aliphatic rings. The van der Waals surface area contributed by atoms with Crippen LogP contribution >= 0.6 is 0 Å². The lowest BCUT2D eigenvalue weighted by Gasteiger charge is -2.35. The van der Waals surface area contributed by atoms with E-state index in [0.29, 0.717) is 35.3 Å². The van der Waals surface area contributed by atoms with Crippen molar-refractivity contribution in [1.82, 2.24) is 19.7 Å². The summed E-state index contributed by atoms with van der Waals surface area (Å²) in [5.74, 6) is 1.68. The maximum atomic E-state index is 16.3. The van der Waals surface area contributed by atoms with Crippen molar-refractivity contribution >= 4 is 16.6 Å². The maximum absolute atomic E-state index is 16.3. The minimum atomic E-state index is -0.473. The van der Waals surface area contributed by atoms with Crippen molar-refractivity contribution in [3.05, 3.63) is 53.5 Å². The van der Waals surface area contributed by atoms with Crippen molar-refractivity contribution in [3.8, 4) is 22.6 Å². The second-order valence-electron chi connectivity index (χ2n) is 8.22. The number of anilines is 1. The Hall–Kier alpha value is -3.35. The van der Waals surface area contributed by atoms with E-state index in [1.807, 2.05) is 55.8 Å². The SMILES string of the molecule is Cc1nnc2n1-c1c(F)c(-c3cccc4[nH]ccc34)c3c(c1NC2(C)C)CCO3. The minimum absolute atomic E-state index is 0.318. The number of ether oxygens (including phenoxy) is 1. The van der Waals surface area contributed by atoms with Gasteiger partial charge in [-0.2, -0.15) is 0 Å². The maximum Gasteiger partial charge on any atom is 0.162 e. The third-order valence-electron chi connectivity index (χ3n) is 5.97. The highest BCUT2D eigenvalue weighted by Crippen LogP contribution is 2.51. The van der Waals surface area contributed by atoms with Crippen LogP contribution in [0.15, 0.2) is 30.5 Å². The van der Waals surface area contributed by atoms with Crippen molar-refractivity contribution in [2.75, 3.05) is 11.9 Å². The summed E-state index contributed by atoms with van der Waals surface area (Å²) >= 11 is 0. The van der Waals surface area contributed by atoms with Crippen LogP contribution in [0, 0.1) is 12.7 Å². The van der Waals surface area contributed by atoms with Gasteiger partial charge in [0.1, 0.15) is 17.3 Å². The van der Waals surface area contributed by atoms with Crippen LogP contribution in [0.3, 0.4) is 0 Å². The molecule has 6 nitrogen and oxygen atoms in total. The fraction of sp³-hybridized carbons (Fsp3) is 0.273. The Morgan fingerprint density at radius 3 is 2.93 bits per heavy atom. The largest absolute Gasteiger partial charge is 0.492 e. The number of nitrogens with one attached hydrogen (secondary N) is 2. The zero-order chi connectivity index (χ0) is 19.9. The molecule has 2 N–H and O–H groups in total. The Bertz CT molecular complexity index is 1320. The predicted molar refractivity (Wildman–Crippen MR) is 109 cm³/mol. The second kappa shape index (κ2) is 5.37. The van der Waals surface area contributed by atoms with Crippen LogP contribution in [0.4, 0.5) is 10.1 Å². The highest BCUT2D eigenvalue weighted by Gasteiger charge is 2.40. The molecule has 0 unspecified atom stereocenters. The average molecular weight is 389 g/mol. The molecular formula is C22H20FN5O. The molecule has 6 rings (SSSR count). The monoisotopic (exact) mass is 389 g/mol. The lowest BCUT2D eigenvalue weighted by Crippen LogP contribution is -2.37. The van der Waals surface area contributed by atoms with Crippen molar-refractivity contribution in [3.63, 3.8) is 0 Å². The summed E-state index contributed by atoms with van der Waals surface area (Å²) in [6, 6.07) is 7.85. The molecule has 29 heavy (non-hydrogen) atoms. The van der Waals surface area contributed by atoms with Gasteiger partial charge in [-0.05, 0) is 38.5 Å². The van der Waals surface area contributed by atoms with Gasteiger partial charge in [0.25, 0.3) is 0 Å². The van der Waals surface area contributed by atoms with E-state index in [2.05, 4.69) is 20.5 Å². The molecule has 0 bridgehead atoms. The van der Waals surface area contributed by atoms with Crippen LogP contribution in [0.2, 0.25) is 0 Å². The normalized spacial score (nSPS) is 16.1. The zero-order valence-electron chi connectivity index (χ0n) is 16.4. The molecule has 0 fully saturated rings. The van der Waals surface area contributed by atoms with Crippen LogP contribution < -0.4 is 10.1 Å². The first-order valence-electron chi connectivity index (χ1n) is 9.76. The number of halogens is 1. The number of aromatic nitrogens is 4. The molecule has 0 saturated carbocycles. The Labute approximate surface area is 166 Å². The lowest BCUT2D eigenvalue weighted by molar-refractivity contribution is 0.356. The van der Waals surface area contributed by atoms with Gasteiger partial charge in [0.15, 0.2) is 11.6 Å². The molecule has 0 spiro atoms. The van der Waals surface area contributed by atoms with Gasteiger partial charge in [-0.25, -0.2) is 4.39 Å². The fourth-order valence-corrected chi connectivity index (χ4v) is 4.68. The fourth-order valence-electron chi connectivity index (χ4n) is 4.68. The molecule has 146 valence electrons. The highest BCUT2D eigenvalue weighted by atomic mass is 19.1. The molecule has 0 saturated heterocycles. The molecule has 4 heterocycles. The standard InChI is InChI=1S/C22H20FN5O/c1-11-26-27-21-22(2,3)25-18-14-8-10-29-20(14)16(17(23)19(18)28(11)21)13-5-4-6-15-12(13)7-9-24-15/h4-7,9,24-25H,8,10H2,1-3H3. The Morgan fingerprint density at radius 2 is 2.07 bits per heavy atom. The highest BCUT2D eigenvalue weighted by molar-refractivity contribution is 5.99. The van der Waals surface area contributed by atoms with Crippen molar-refractivity contribution in [1.29, 1.82) is 0 Å². The Morgan fingerprint density at radius 1 is 1.21 bits per heavy atom. The lowest BCUT2D eigenvalue weighted by atomic mass is 9.91. The molecule has 0 atom stereocenters. The van der Waals surface area contributed by atoms with Gasteiger partial charge in [-0.15, -0.1) is 10.2 Å². The number of fused-ring (bicyclic) bond motifs is 6. The molecule has 4 aromatic rings. The van der Waals surface area contributed by atoms with Crippen LogP contribution in [0.25, 0.3) is 27.7 Å². The van der Waals surface area contributed by atoms with E-state index >= 15 is 4.39 Å². The first-order valence-corrected chi connectivity index (χ1v) is 9.76. The minimum Gasteiger partial charge on any atom is -0.492 e. The number of hydrogen-bond donors (Lipinski definition) is 2. The van der Waals surface area contributed by atoms with E-state index in [-0.39, 0.29) is 5.82 Å². The third kappa shape index (κ3) is 2.04. The van der Waals surface area contributed by atoms with Crippen molar-refractivity contribution in [2.24, 2.45) is 0 Å². The van der Waals surface area contributed by atoms with Crippen molar-refractivity contribution in [2.45, 2.75) is 32.7 Å². The molecule has 7 heteroatoms. The Balaban J connectivity index is 1.76. The van der Waals surface area contributed by atoms with E-state index < -0.39 is 5.54 Å². The summed E-state index contributed by atoms with van der Waals surface area (Å²) in [6.45, 7) is 6.46. The van der Waals surface area contributed by atoms with Crippen LogP contribution in [0.1, 0.15) is 31.1 Å². The number of benzene rings is 2. The number of aryl methyl sites for hydroxylation is 1. The van der Waals surface area contributed by atoms with Crippen LogP contribution in [0.5, 0.6) is 5.75 Å². The average Bonchev–Trinajstić information content (AvgIpc) is 3.41. The quantitative estimate of drug-likeness (QED) is 0.504. The van der Waals surface area contributed by atoms with E-state index in [1.165, 1.54) is 0 Å². The second-order valence-corrected chi connectivity index (χ2v) is 8.22. The van der Waals surface area contributed by atoms with Gasteiger partial charge in [-0.3, -0.25) is 4.57 Å². The topological polar surface area (TPSA) is 67.8 Å². The molecular weight excluding hydrogens is 369 g/mol. The molecule has 2 aliphatic heterocycles. The molecule has 0 aliphatic carbocycles. The molecule has 2 aromatic heterocycles. The summed E-state index contributed by atoms with van der Waals surface area (Å²) in [5.41, 5.74) is 4.08. The van der Waals surface area contributed by atoms with E-state index in [0.717, 1.165) is 34.1 Å². The zero-order valence-corrected chi connectivity index (χ0v) is 16.4. The first-order chi connectivity index (χ1) is 14.0. The predicted octanol–water partition coefficient (Wildman–Crippen LogP) is 4.46. The van der Waals surface area contributed by atoms with Gasteiger partial charge in [-0.1, -0.05) is 12.1 Å².